The Balaban J connectivity index is 1.83. The van der Waals surface area contributed by atoms with Crippen LogP contribution in [0.4, 0.5) is 5.69 Å². The number of anilines is 1. The second-order valence-electron chi connectivity index (χ2n) is 6.95. The largest absolute Gasteiger partial charge is 0.481 e. The van der Waals surface area contributed by atoms with Gasteiger partial charge in [0, 0.05) is 7.05 Å². The molecule has 0 saturated carbocycles. The van der Waals surface area contributed by atoms with Crippen LogP contribution in [0.2, 0.25) is 0 Å². The summed E-state index contributed by atoms with van der Waals surface area (Å²) in [5, 5.41) is 2.74. The van der Waals surface area contributed by atoms with Crippen molar-refractivity contribution in [3.05, 3.63) is 75.7 Å². The maximum absolute atomic E-state index is 12.9. The minimum absolute atomic E-state index is 0.257. The molecule has 1 amide bonds. The number of aromatic nitrogens is 2. The highest BCUT2D eigenvalue weighted by Gasteiger charge is 2.22. The number of carbonyl (C=O) groups is 1. The molecular weight excluding hydrogens is 354 g/mol. The fourth-order valence-electron chi connectivity index (χ4n) is 3.11. The molecular formula is C22H25N3O3. The Bertz CT molecular complexity index is 1060. The molecule has 1 N–H and O–H groups in total. The number of ether oxygens (including phenoxy) is 1. The van der Waals surface area contributed by atoms with Crippen molar-refractivity contribution in [2.75, 3.05) is 5.32 Å². The molecule has 0 unspecified atom stereocenters. The van der Waals surface area contributed by atoms with Crippen molar-refractivity contribution in [1.82, 2.24) is 9.36 Å². The van der Waals surface area contributed by atoms with E-state index in [1.165, 1.54) is 4.68 Å². The fraction of sp³-hybridized carbons (Fsp3) is 0.273. The number of amides is 1. The third kappa shape index (κ3) is 3.71. The van der Waals surface area contributed by atoms with Crippen LogP contribution in [0.15, 0.2) is 53.3 Å². The SMILES string of the molecule is Cc1ccc(O[C@H](C)C(=O)Nc2c(C)n(C)n(-c3ccccc3)c2=O)c(C)c1. The van der Waals surface area contributed by atoms with Crippen LogP contribution >= 0.6 is 0 Å². The zero-order valence-electron chi connectivity index (χ0n) is 16.8. The third-order valence-corrected chi connectivity index (χ3v) is 4.81. The minimum Gasteiger partial charge on any atom is -0.481 e. The summed E-state index contributed by atoms with van der Waals surface area (Å²) in [6.07, 6.45) is -0.745. The Labute approximate surface area is 164 Å². The Morgan fingerprint density at radius 3 is 2.39 bits per heavy atom. The number of aryl methyl sites for hydroxylation is 2. The number of nitrogens with one attached hydrogen (secondary N) is 1. The standard InChI is InChI=1S/C22H25N3O3/c1-14-11-12-19(15(2)13-14)28-17(4)21(26)23-20-16(3)24(5)25(22(20)27)18-9-7-6-8-10-18/h6-13,17H,1-5H3,(H,23,26)/t17-/m1/s1. The first-order chi connectivity index (χ1) is 13.3. The molecule has 0 aliphatic carbocycles. The van der Waals surface area contributed by atoms with Crippen LogP contribution in [-0.2, 0) is 11.8 Å². The van der Waals surface area contributed by atoms with Gasteiger partial charge < -0.3 is 10.1 Å². The van der Waals surface area contributed by atoms with Gasteiger partial charge in [0.05, 0.1) is 11.4 Å². The third-order valence-electron chi connectivity index (χ3n) is 4.81. The molecule has 1 heterocycles. The molecule has 3 aromatic rings. The predicted octanol–water partition coefficient (Wildman–Crippen LogP) is 3.51. The Morgan fingerprint density at radius 1 is 1.07 bits per heavy atom. The van der Waals surface area contributed by atoms with Gasteiger partial charge in [0.1, 0.15) is 11.4 Å². The first-order valence-electron chi connectivity index (χ1n) is 9.18. The summed E-state index contributed by atoms with van der Waals surface area (Å²) in [5.41, 5.74) is 3.47. The molecule has 1 aromatic heterocycles. The van der Waals surface area contributed by atoms with Crippen molar-refractivity contribution in [2.45, 2.75) is 33.8 Å². The molecule has 2 aromatic carbocycles. The van der Waals surface area contributed by atoms with Crippen molar-refractivity contribution in [3.8, 4) is 11.4 Å². The van der Waals surface area contributed by atoms with E-state index in [2.05, 4.69) is 5.32 Å². The monoisotopic (exact) mass is 379 g/mol. The van der Waals surface area contributed by atoms with Crippen LogP contribution in [0, 0.1) is 20.8 Å². The number of benzene rings is 2. The molecule has 0 bridgehead atoms. The highest BCUT2D eigenvalue weighted by Crippen LogP contribution is 2.21. The number of nitrogens with zero attached hydrogens (tertiary/aromatic N) is 2. The summed E-state index contributed by atoms with van der Waals surface area (Å²) in [4.78, 5) is 25.6. The summed E-state index contributed by atoms with van der Waals surface area (Å²) in [5.74, 6) is 0.283. The summed E-state index contributed by atoms with van der Waals surface area (Å²) in [7, 11) is 1.79. The maximum atomic E-state index is 12.9. The Hall–Kier alpha value is -3.28. The second-order valence-corrected chi connectivity index (χ2v) is 6.95. The zero-order valence-corrected chi connectivity index (χ0v) is 16.8. The van der Waals surface area contributed by atoms with E-state index < -0.39 is 6.10 Å². The molecule has 0 saturated heterocycles. The average molecular weight is 379 g/mol. The van der Waals surface area contributed by atoms with Crippen LogP contribution in [0.25, 0.3) is 5.69 Å². The number of rotatable bonds is 5. The lowest BCUT2D eigenvalue weighted by Gasteiger charge is -2.16. The lowest BCUT2D eigenvalue weighted by atomic mass is 10.1. The molecule has 0 fully saturated rings. The minimum atomic E-state index is -0.745. The lowest BCUT2D eigenvalue weighted by Crippen LogP contribution is -2.32. The summed E-state index contributed by atoms with van der Waals surface area (Å²) < 4.78 is 9.06. The first-order valence-corrected chi connectivity index (χ1v) is 9.18. The van der Waals surface area contributed by atoms with Crippen molar-refractivity contribution in [2.24, 2.45) is 7.05 Å². The number of para-hydroxylation sites is 1. The van der Waals surface area contributed by atoms with Crippen LogP contribution in [0.1, 0.15) is 23.7 Å². The van der Waals surface area contributed by atoms with Crippen LogP contribution in [0.3, 0.4) is 0 Å². The van der Waals surface area contributed by atoms with Crippen LogP contribution in [0.5, 0.6) is 5.75 Å². The van der Waals surface area contributed by atoms with E-state index in [4.69, 9.17) is 4.74 Å². The van der Waals surface area contributed by atoms with Crippen LogP contribution in [-0.4, -0.2) is 21.4 Å². The lowest BCUT2D eigenvalue weighted by molar-refractivity contribution is -0.122. The van der Waals surface area contributed by atoms with Gasteiger partial charge >= 0.3 is 0 Å². The number of hydrogen-bond acceptors (Lipinski definition) is 3. The quantitative estimate of drug-likeness (QED) is 0.738. The summed E-state index contributed by atoms with van der Waals surface area (Å²) in [6, 6.07) is 15.1. The summed E-state index contributed by atoms with van der Waals surface area (Å²) >= 11 is 0. The van der Waals surface area contributed by atoms with Gasteiger partial charge in [0.15, 0.2) is 6.10 Å². The average Bonchev–Trinajstić information content (AvgIpc) is 2.88. The van der Waals surface area contributed by atoms with Crippen molar-refractivity contribution >= 4 is 11.6 Å². The van der Waals surface area contributed by atoms with E-state index in [9.17, 15) is 9.59 Å². The Kier molecular flexibility index (Phi) is 5.40. The van der Waals surface area contributed by atoms with E-state index >= 15 is 0 Å². The topological polar surface area (TPSA) is 65.3 Å². The van der Waals surface area contributed by atoms with Crippen LogP contribution < -0.4 is 15.6 Å². The van der Waals surface area contributed by atoms with Gasteiger partial charge in [-0.25, -0.2) is 4.68 Å². The maximum Gasteiger partial charge on any atom is 0.295 e. The van der Waals surface area contributed by atoms with E-state index in [0.717, 1.165) is 16.8 Å². The van der Waals surface area contributed by atoms with E-state index in [1.54, 1.807) is 25.6 Å². The zero-order chi connectivity index (χ0) is 20.4. The van der Waals surface area contributed by atoms with Gasteiger partial charge in [-0.05, 0) is 51.5 Å². The van der Waals surface area contributed by atoms with Crippen molar-refractivity contribution in [3.63, 3.8) is 0 Å². The van der Waals surface area contributed by atoms with Gasteiger partial charge in [0.2, 0.25) is 0 Å². The van der Waals surface area contributed by atoms with E-state index in [-0.39, 0.29) is 17.2 Å². The molecule has 6 nitrogen and oxygen atoms in total. The summed E-state index contributed by atoms with van der Waals surface area (Å²) in [6.45, 7) is 7.41. The fourth-order valence-corrected chi connectivity index (χ4v) is 3.11. The smallest absolute Gasteiger partial charge is 0.295 e. The molecule has 0 aliphatic rings. The highest BCUT2D eigenvalue weighted by molar-refractivity contribution is 5.94. The van der Waals surface area contributed by atoms with Gasteiger partial charge in [-0.15, -0.1) is 0 Å². The highest BCUT2D eigenvalue weighted by atomic mass is 16.5. The van der Waals surface area contributed by atoms with Gasteiger partial charge in [-0.1, -0.05) is 35.9 Å². The van der Waals surface area contributed by atoms with Gasteiger partial charge in [0.25, 0.3) is 11.5 Å². The molecule has 1 atom stereocenters. The normalized spacial score (nSPS) is 11.9. The number of carbonyl (C=O) groups excluding carboxylic acids is 1. The second kappa shape index (κ2) is 7.76. The Morgan fingerprint density at radius 2 is 1.75 bits per heavy atom. The molecule has 146 valence electrons. The van der Waals surface area contributed by atoms with Crippen molar-refractivity contribution < 1.29 is 9.53 Å². The molecule has 0 radical (unpaired) electrons. The van der Waals surface area contributed by atoms with Gasteiger partial charge in [-0.3, -0.25) is 14.3 Å². The number of hydrogen-bond donors (Lipinski definition) is 1. The molecule has 28 heavy (non-hydrogen) atoms. The molecule has 0 aliphatic heterocycles. The van der Waals surface area contributed by atoms with Gasteiger partial charge in [-0.2, -0.15) is 0 Å². The van der Waals surface area contributed by atoms with E-state index in [1.807, 2.05) is 62.4 Å². The predicted molar refractivity (Wildman–Crippen MR) is 110 cm³/mol. The van der Waals surface area contributed by atoms with E-state index in [0.29, 0.717) is 11.4 Å². The van der Waals surface area contributed by atoms with Crippen molar-refractivity contribution in [1.29, 1.82) is 0 Å². The molecule has 0 spiro atoms. The molecule has 6 heteroatoms. The first kappa shape index (κ1) is 19.5. The molecule has 3 rings (SSSR count).